The van der Waals surface area contributed by atoms with Crippen molar-refractivity contribution in [2.24, 2.45) is 0 Å². The summed E-state index contributed by atoms with van der Waals surface area (Å²) >= 11 is 0. The van der Waals surface area contributed by atoms with Gasteiger partial charge in [-0.1, -0.05) is 12.8 Å². The lowest BCUT2D eigenvalue weighted by Gasteiger charge is -2.49. The number of piperidine rings is 1. The number of likely N-dealkylation sites (tertiary alicyclic amines) is 1. The highest BCUT2D eigenvalue weighted by molar-refractivity contribution is 5.75. The lowest BCUT2D eigenvalue weighted by atomic mass is 9.81. The molecule has 3 nitrogen and oxygen atoms in total. The van der Waals surface area contributed by atoms with Gasteiger partial charge >= 0.3 is 0 Å². The fourth-order valence-electron chi connectivity index (χ4n) is 3.85. The van der Waals surface area contributed by atoms with E-state index in [0.29, 0.717) is 6.04 Å². The molecule has 1 atom stereocenters. The Bertz CT molecular complexity index is 257. The summed E-state index contributed by atoms with van der Waals surface area (Å²) in [6.07, 6.45) is 8.75. The van der Waals surface area contributed by atoms with Crippen LogP contribution in [0.3, 0.4) is 0 Å². The van der Waals surface area contributed by atoms with Gasteiger partial charge in [0.2, 0.25) is 5.91 Å². The summed E-state index contributed by atoms with van der Waals surface area (Å²) in [6, 6.07) is 0.425. The molecule has 0 aromatic heterocycles. The van der Waals surface area contributed by atoms with E-state index >= 15 is 0 Å². The van der Waals surface area contributed by atoms with E-state index in [1.54, 1.807) is 6.92 Å². The molecule has 0 bridgehead atoms. The van der Waals surface area contributed by atoms with Crippen LogP contribution < -0.4 is 5.32 Å². The first-order chi connectivity index (χ1) is 7.69. The third-order valence-corrected chi connectivity index (χ3v) is 4.37. The maximum atomic E-state index is 11.9. The molecule has 0 radical (unpaired) electrons. The second-order valence-electron chi connectivity index (χ2n) is 5.42. The number of amides is 1. The highest BCUT2D eigenvalue weighted by Gasteiger charge is 2.45. The van der Waals surface area contributed by atoms with E-state index in [4.69, 9.17) is 0 Å². The average molecular weight is 224 g/mol. The summed E-state index contributed by atoms with van der Waals surface area (Å²) < 4.78 is 0. The maximum absolute atomic E-state index is 11.9. The predicted molar refractivity (Wildman–Crippen MR) is 65.3 cm³/mol. The van der Waals surface area contributed by atoms with Crippen LogP contribution in [0.15, 0.2) is 0 Å². The van der Waals surface area contributed by atoms with Gasteiger partial charge in [-0.25, -0.2) is 0 Å². The Morgan fingerprint density at radius 3 is 2.50 bits per heavy atom. The molecular formula is C13H24N2O. The molecule has 1 unspecified atom stereocenters. The molecule has 16 heavy (non-hydrogen) atoms. The Morgan fingerprint density at radius 2 is 1.94 bits per heavy atom. The van der Waals surface area contributed by atoms with Crippen molar-refractivity contribution in [3.8, 4) is 0 Å². The Labute approximate surface area is 98.6 Å². The van der Waals surface area contributed by atoms with Crippen molar-refractivity contribution in [2.45, 2.75) is 63.5 Å². The topological polar surface area (TPSA) is 32.3 Å². The zero-order valence-corrected chi connectivity index (χ0v) is 10.6. The zero-order valence-electron chi connectivity index (χ0n) is 10.6. The molecule has 1 heterocycles. The third kappa shape index (κ3) is 1.97. The van der Waals surface area contributed by atoms with Crippen LogP contribution in [0.5, 0.6) is 0 Å². The Hall–Kier alpha value is -0.570. The third-order valence-electron chi connectivity index (χ3n) is 4.37. The first-order valence-electron chi connectivity index (χ1n) is 6.64. The molecule has 0 aromatic rings. The van der Waals surface area contributed by atoms with Crippen LogP contribution in [0.4, 0.5) is 0 Å². The SMILES string of the molecule is CNCC1CCCC2(CCCC2)N1C(C)=O. The number of likely N-dealkylation sites (N-methyl/N-ethyl adjacent to an activating group) is 1. The van der Waals surface area contributed by atoms with Crippen molar-refractivity contribution in [2.75, 3.05) is 13.6 Å². The number of nitrogens with one attached hydrogen (secondary N) is 1. The number of hydrogen-bond acceptors (Lipinski definition) is 2. The first-order valence-corrected chi connectivity index (χ1v) is 6.64. The average Bonchev–Trinajstić information content (AvgIpc) is 2.67. The zero-order chi connectivity index (χ0) is 11.6. The van der Waals surface area contributed by atoms with E-state index in [-0.39, 0.29) is 11.4 Å². The van der Waals surface area contributed by atoms with Crippen molar-refractivity contribution >= 4 is 5.91 Å². The van der Waals surface area contributed by atoms with Gasteiger partial charge in [-0.3, -0.25) is 4.79 Å². The standard InChI is InChI=1S/C13H24N2O/c1-11(16)15-12(10-14-2)6-5-9-13(15)7-3-4-8-13/h12,14H,3-10H2,1-2H3. The monoisotopic (exact) mass is 224 g/mol. The van der Waals surface area contributed by atoms with Crippen molar-refractivity contribution in [1.29, 1.82) is 0 Å². The minimum atomic E-state index is 0.228. The molecule has 1 saturated carbocycles. The van der Waals surface area contributed by atoms with Crippen molar-refractivity contribution in [1.82, 2.24) is 10.2 Å². The second kappa shape index (κ2) is 4.74. The second-order valence-corrected chi connectivity index (χ2v) is 5.42. The molecule has 0 aromatic carbocycles. The normalized spacial score (nSPS) is 28.6. The summed E-state index contributed by atoms with van der Waals surface area (Å²) in [5.74, 6) is 0.279. The van der Waals surface area contributed by atoms with Crippen LogP contribution in [-0.4, -0.2) is 36.0 Å². The minimum absolute atomic E-state index is 0.228. The lowest BCUT2D eigenvalue weighted by molar-refractivity contribution is -0.142. The smallest absolute Gasteiger partial charge is 0.220 e. The van der Waals surface area contributed by atoms with E-state index in [1.165, 1.54) is 44.9 Å². The van der Waals surface area contributed by atoms with Crippen LogP contribution in [-0.2, 0) is 4.79 Å². The van der Waals surface area contributed by atoms with E-state index in [9.17, 15) is 4.79 Å². The van der Waals surface area contributed by atoms with Crippen LogP contribution >= 0.6 is 0 Å². The van der Waals surface area contributed by atoms with Crippen LogP contribution in [0, 0.1) is 0 Å². The fourth-order valence-corrected chi connectivity index (χ4v) is 3.85. The highest BCUT2D eigenvalue weighted by Crippen LogP contribution is 2.44. The number of hydrogen-bond donors (Lipinski definition) is 1. The van der Waals surface area contributed by atoms with Crippen molar-refractivity contribution in [3.63, 3.8) is 0 Å². The number of nitrogens with zero attached hydrogens (tertiary/aromatic N) is 1. The molecule has 1 saturated heterocycles. The molecular weight excluding hydrogens is 200 g/mol. The molecule has 92 valence electrons. The molecule has 1 aliphatic heterocycles. The Balaban J connectivity index is 2.19. The highest BCUT2D eigenvalue weighted by atomic mass is 16.2. The van der Waals surface area contributed by atoms with Crippen LogP contribution in [0.25, 0.3) is 0 Å². The van der Waals surface area contributed by atoms with Gasteiger partial charge in [-0.2, -0.15) is 0 Å². The summed E-state index contributed by atoms with van der Waals surface area (Å²) in [6.45, 7) is 2.69. The van der Waals surface area contributed by atoms with Crippen LogP contribution in [0.2, 0.25) is 0 Å². The lowest BCUT2D eigenvalue weighted by Crippen LogP contribution is -2.59. The van der Waals surface area contributed by atoms with Crippen molar-refractivity contribution < 1.29 is 4.79 Å². The number of rotatable bonds is 2. The molecule has 1 spiro atoms. The molecule has 1 amide bonds. The summed E-state index contributed by atoms with van der Waals surface area (Å²) in [5.41, 5.74) is 0.228. The molecule has 2 fully saturated rings. The molecule has 2 aliphatic rings. The van der Waals surface area contributed by atoms with Gasteiger partial charge in [0.1, 0.15) is 0 Å². The number of carbonyl (C=O) groups is 1. The van der Waals surface area contributed by atoms with Crippen LogP contribution in [0.1, 0.15) is 51.9 Å². The van der Waals surface area contributed by atoms with E-state index in [0.717, 1.165) is 6.54 Å². The Kier molecular flexibility index (Phi) is 3.53. The minimum Gasteiger partial charge on any atom is -0.333 e. The predicted octanol–water partition coefficient (Wildman–Crippen LogP) is 1.92. The van der Waals surface area contributed by atoms with Gasteiger partial charge in [-0.15, -0.1) is 0 Å². The summed E-state index contributed by atoms with van der Waals surface area (Å²) in [7, 11) is 1.98. The van der Waals surface area contributed by atoms with Gasteiger partial charge < -0.3 is 10.2 Å². The molecule has 3 heteroatoms. The van der Waals surface area contributed by atoms with E-state index in [2.05, 4.69) is 10.2 Å². The van der Waals surface area contributed by atoms with Gasteiger partial charge in [-0.05, 0) is 39.2 Å². The van der Waals surface area contributed by atoms with Gasteiger partial charge in [0, 0.05) is 25.0 Å². The number of carbonyl (C=O) groups excluding carboxylic acids is 1. The largest absolute Gasteiger partial charge is 0.333 e. The Morgan fingerprint density at radius 1 is 1.31 bits per heavy atom. The first kappa shape index (κ1) is 11.9. The van der Waals surface area contributed by atoms with Gasteiger partial charge in [0.25, 0.3) is 0 Å². The quantitative estimate of drug-likeness (QED) is 0.777. The summed E-state index contributed by atoms with van der Waals surface area (Å²) in [4.78, 5) is 14.2. The molecule has 1 N–H and O–H groups in total. The van der Waals surface area contributed by atoms with Gasteiger partial charge in [0.05, 0.1) is 0 Å². The molecule has 2 rings (SSSR count). The van der Waals surface area contributed by atoms with E-state index < -0.39 is 0 Å². The maximum Gasteiger partial charge on any atom is 0.220 e. The summed E-state index contributed by atoms with van der Waals surface area (Å²) in [5, 5.41) is 3.23. The van der Waals surface area contributed by atoms with E-state index in [1.807, 2.05) is 7.05 Å². The molecule has 1 aliphatic carbocycles. The van der Waals surface area contributed by atoms with Crippen molar-refractivity contribution in [3.05, 3.63) is 0 Å². The fraction of sp³-hybridized carbons (Fsp3) is 0.923. The van der Waals surface area contributed by atoms with Gasteiger partial charge in [0.15, 0.2) is 0 Å².